The lowest BCUT2D eigenvalue weighted by Crippen LogP contribution is -2.26. The lowest BCUT2D eigenvalue weighted by Gasteiger charge is -2.16. The van der Waals surface area contributed by atoms with Crippen LogP contribution in [0, 0.1) is 0 Å². The number of anilines is 1. The van der Waals surface area contributed by atoms with Gasteiger partial charge in [-0.1, -0.05) is 0 Å². The predicted octanol–water partition coefficient (Wildman–Crippen LogP) is 2.45. The molecule has 0 saturated heterocycles. The fraction of sp³-hybridized carbons (Fsp3) is 0.231. The van der Waals surface area contributed by atoms with Crippen molar-refractivity contribution in [3.8, 4) is 5.75 Å². The van der Waals surface area contributed by atoms with Gasteiger partial charge in [-0.25, -0.2) is 8.42 Å². The van der Waals surface area contributed by atoms with Gasteiger partial charge in [0.05, 0.1) is 24.2 Å². The van der Waals surface area contributed by atoms with E-state index >= 15 is 0 Å². The van der Waals surface area contributed by atoms with Crippen LogP contribution in [-0.4, -0.2) is 26.9 Å². The van der Waals surface area contributed by atoms with Gasteiger partial charge in [-0.15, -0.1) is 0 Å². The number of nitrogens with two attached hydrogens (primary N) is 1. The summed E-state index contributed by atoms with van der Waals surface area (Å²) < 4.78 is 37.0. The normalized spacial score (nSPS) is 11.8. The van der Waals surface area contributed by atoms with Crippen LogP contribution in [0.25, 0.3) is 0 Å². The molecule has 2 rings (SSSR count). The standard InChI is InChI=1S/C13H15BrN2O4S/c1-16(8-9-3-6-13(14)20-9)21(17,18)10-4-5-12(19-2)11(15)7-10/h3-7H,8,15H2,1-2H3. The fourth-order valence-corrected chi connectivity index (χ4v) is 3.31. The molecule has 6 nitrogen and oxygen atoms in total. The molecule has 0 radical (unpaired) electrons. The number of nitrogens with zero attached hydrogens (tertiary/aromatic N) is 1. The fourth-order valence-electron chi connectivity index (χ4n) is 1.79. The van der Waals surface area contributed by atoms with Gasteiger partial charge >= 0.3 is 0 Å². The Morgan fingerprint density at radius 3 is 2.57 bits per heavy atom. The molecular weight excluding hydrogens is 360 g/mol. The van der Waals surface area contributed by atoms with E-state index in [0.717, 1.165) is 0 Å². The molecule has 0 aliphatic rings. The summed E-state index contributed by atoms with van der Waals surface area (Å²) in [7, 11) is -0.702. The molecule has 0 aliphatic carbocycles. The van der Waals surface area contributed by atoms with E-state index in [1.54, 1.807) is 12.1 Å². The Labute approximate surface area is 131 Å². The molecule has 0 spiro atoms. The average Bonchev–Trinajstić information content (AvgIpc) is 2.83. The van der Waals surface area contributed by atoms with Crippen molar-refractivity contribution >= 4 is 31.6 Å². The van der Waals surface area contributed by atoms with Crippen LogP contribution in [0.4, 0.5) is 5.69 Å². The van der Waals surface area contributed by atoms with E-state index in [4.69, 9.17) is 14.9 Å². The monoisotopic (exact) mass is 374 g/mol. The van der Waals surface area contributed by atoms with E-state index in [0.29, 0.717) is 16.2 Å². The van der Waals surface area contributed by atoms with Crippen LogP contribution in [0.2, 0.25) is 0 Å². The number of sulfonamides is 1. The first kappa shape index (κ1) is 15.9. The quantitative estimate of drug-likeness (QED) is 0.812. The van der Waals surface area contributed by atoms with E-state index < -0.39 is 10.0 Å². The molecule has 0 fully saturated rings. The molecule has 0 bridgehead atoms. The minimum absolute atomic E-state index is 0.105. The second kappa shape index (κ2) is 6.08. The lowest BCUT2D eigenvalue weighted by molar-refractivity contribution is 0.398. The van der Waals surface area contributed by atoms with Crippen LogP contribution >= 0.6 is 15.9 Å². The number of furan rings is 1. The number of benzene rings is 1. The van der Waals surface area contributed by atoms with Gasteiger partial charge < -0.3 is 14.9 Å². The molecule has 1 aromatic carbocycles. The van der Waals surface area contributed by atoms with Crippen LogP contribution in [0.15, 0.2) is 44.3 Å². The largest absolute Gasteiger partial charge is 0.495 e. The summed E-state index contributed by atoms with van der Waals surface area (Å²) in [6.07, 6.45) is 0. The third-order valence-corrected chi connectivity index (χ3v) is 5.14. The summed E-state index contributed by atoms with van der Waals surface area (Å²) >= 11 is 3.18. The zero-order valence-electron chi connectivity index (χ0n) is 11.5. The van der Waals surface area contributed by atoms with Crippen molar-refractivity contribution in [3.63, 3.8) is 0 Å². The van der Waals surface area contributed by atoms with Crippen molar-refractivity contribution < 1.29 is 17.6 Å². The van der Waals surface area contributed by atoms with Crippen LogP contribution in [0.5, 0.6) is 5.75 Å². The number of rotatable bonds is 5. The molecule has 2 N–H and O–H groups in total. The maximum Gasteiger partial charge on any atom is 0.243 e. The van der Waals surface area contributed by atoms with E-state index in [1.807, 2.05) is 0 Å². The summed E-state index contributed by atoms with van der Waals surface area (Å²) in [5.41, 5.74) is 6.02. The maximum absolute atomic E-state index is 12.5. The van der Waals surface area contributed by atoms with Crippen LogP contribution in [0.3, 0.4) is 0 Å². The molecular formula is C13H15BrN2O4S. The number of hydrogen-bond acceptors (Lipinski definition) is 5. The number of methoxy groups -OCH3 is 1. The van der Waals surface area contributed by atoms with Gasteiger partial charge in [0.15, 0.2) is 4.67 Å². The summed E-state index contributed by atoms with van der Waals surface area (Å²) in [5, 5.41) is 0. The highest BCUT2D eigenvalue weighted by molar-refractivity contribution is 9.10. The summed E-state index contributed by atoms with van der Waals surface area (Å²) in [6.45, 7) is 0.125. The highest BCUT2D eigenvalue weighted by Crippen LogP contribution is 2.26. The first-order valence-corrected chi connectivity index (χ1v) is 8.22. The zero-order valence-corrected chi connectivity index (χ0v) is 13.9. The molecule has 0 atom stereocenters. The van der Waals surface area contributed by atoms with Crippen molar-refractivity contribution in [1.82, 2.24) is 4.31 Å². The Bertz CT molecular complexity index is 742. The van der Waals surface area contributed by atoms with Crippen molar-refractivity contribution in [2.24, 2.45) is 0 Å². The van der Waals surface area contributed by atoms with Crippen LogP contribution < -0.4 is 10.5 Å². The SMILES string of the molecule is COc1ccc(S(=O)(=O)N(C)Cc2ccc(Br)o2)cc1N. The van der Waals surface area contributed by atoms with E-state index in [-0.39, 0.29) is 17.1 Å². The lowest BCUT2D eigenvalue weighted by atomic mass is 10.3. The van der Waals surface area contributed by atoms with Gasteiger partial charge in [0.2, 0.25) is 10.0 Å². The maximum atomic E-state index is 12.5. The first-order valence-electron chi connectivity index (χ1n) is 5.98. The number of nitrogen functional groups attached to an aromatic ring is 1. The van der Waals surface area contributed by atoms with Crippen molar-refractivity contribution in [2.45, 2.75) is 11.4 Å². The Morgan fingerprint density at radius 1 is 1.33 bits per heavy atom. The third-order valence-electron chi connectivity index (χ3n) is 2.92. The molecule has 8 heteroatoms. The summed E-state index contributed by atoms with van der Waals surface area (Å²) in [5.74, 6) is 0.973. The highest BCUT2D eigenvalue weighted by Gasteiger charge is 2.22. The molecule has 1 aromatic heterocycles. The molecule has 21 heavy (non-hydrogen) atoms. The van der Waals surface area contributed by atoms with E-state index in [1.165, 1.54) is 36.7 Å². The predicted molar refractivity (Wildman–Crippen MR) is 82.5 cm³/mol. The highest BCUT2D eigenvalue weighted by atomic mass is 79.9. The first-order chi connectivity index (χ1) is 9.84. The smallest absolute Gasteiger partial charge is 0.243 e. The second-order valence-electron chi connectivity index (χ2n) is 4.37. The van der Waals surface area contributed by atoms with E-state index in [2.05, 4.69) is 15.9 Å². The summed E-state index contributed by atoms with van der Waals surface area (Å²) in [6, 6.07) is 7.78. The van der Waals surface area contributed by atoms with Crippen molar-refractivity contribution in [2.75, 3.05) is 19.9 Å². The Hall–Kier alpha value is -1.51. The number of hydrogen-bond donors (Lipinski definition) is 1. The van der Waals surface area contributed by atoms with Gasteiger partial charge in [-0.3, -0.25) is 0 Å². The van der Waals surface area contributed by atoms with E-state index in [9.17, 15) is 8.42 Å². The zero-order chi connectivity index (χ0) is 15.6. The number of halogens is 1. The molecule has 114 valence electrons. The van der Waals surface area contributed by atoms with Crippen molar-refractivity contribution in [1.29, 1.82) is 0 Å². The second-order valence-corrected chi connectivity index (χ2v) is 7.20. The molecule has 0 aliphatic heterocycles. The molecule has 0 unspecified atom stereocenters. The van der Waals surface area contributed by atoms with Gasteiger partial charge in [0.1, 0.15) is 11.5 Å². The Balaban J connectivity index is 2.26. The van der Waals surface area contributed by atoms with Gasteiger partial charge in [0, 0.05) is 7.05 Å². The van der Waals surface area contributed by atoms with Crippen LogP contribution in [-0.2, 0) is 16.6 Å². The molecule has 0 saturated carbocycles. The Kier molecular flexibility index (Phi) is 4.60. The topological polar surface area (TPSA) is 85.8 Å². The van der Waals surface area contributed by atoms with Gasteiger partial charge in [0.25, 0.3) is 0 Å². The van der Waals surface area contributed by atoms with Gasteiger partial charge in [-0.2, -0.15) is 4.31 Å². The number of ether oxygens (including phenoxy) is 1. The van der Waals surface area contributed by atoms with Crippen LogP contribution in [0.1, 0.15) is 5.76 Å². The molecule has 1 heterocycles. The third kappa shape index (κ3) is 3.39. The molecule has 2 aromatic rings. The van der Waals surface area contributed by atoms with Gasteiger partial charge in [-0.05, 0) is 46.3 Å². The minimum Gasteiger partial charge on any atom is -0.495 e. The Morgan fingerprint density at radius 2 is 2.05 bits per heavy atom. The minimum atomic E-state index is -3.65. The molecule has 0 amide bonds. The average molecular weight is 375 g/mol. The van der Waals surface area contributed by atoms with Crippen molar-refractivity contribution in [3.05, 3.63) is 40.8 Å². The summed E-state index contributed by atoms with van der Waals surface area (Å²) in [4.78, 5) is 0.105.